The second-order valence-corrected chi connectivity index (χ2v) is 7.75. The number of benzene rings is 2. The molecule has 0 aliphatic rings. The third-order valence-electron chi connectivity index (χ3n) is 3.50. The Balaban J connectivity index is 2.36. The molecule has 0 aliphatic heterocycles. The first-order chi connectivity index (χ1) is 11.7. The molecule has 2 aromatic carbocycles. The maximum absolute atomic E-state index is 13.2. The van der Waals surface area contributed by atoms with E-state index in [4.69, 9.17) is 11.6 Å². The average Bonchev–Trinajstić information content (AvgIpc) is 2.52. The smallest absolute Gasteiger partial charge is 0.248 e. The lowest BCUT2D eigenvalue weighted by Crippen LogP contribution is -2.47. The van der Waals surface area contributed by atoms with Gasteiger partial charge in [-0.25, -0.2) is 12.8 Å². The van der Waals surface area contributed by atoms with Crippen LogP contribution in [0.3, 0.4) is 0 Å². The first-order valence-corrected chi connectivity index (χ1v) is 9.76. The maximum atomic E-state index is 13.2. The molecule has 1 amide bonds. The van der Waals surface area contributed by atoms with Gasteiger partial charge in [0.1, 0.15) is 11.9 Å². The van der Waals surface area contributed by atoms with E-state index in [0.29, 0.717) is 10.7 Å². The van der Waals surface area contributed by atoms with Crippen LogP contribution in [0.25, 0.3) is 0 Å². The molecule has 1 atom stereocenters. The number of anilines is 2. The van der Waals surface area contributed by atoms with Crippen LogP contribution in [0.15, 0.2) is 48.5 Å². The molecule has 0 unspecified atom stereocenters. The Kier molecular flexibility index (Phi) is 6.02. The van der Waals surface area contributed by atoms with Crippen molar-refractivity contribution in [3.8, 4) is 0 Å². The van der Waals surface area contributed by atoms with E-state index in [1.807, 2.05) is 0 Å². The second kappa shape index (κ2) is 7.84. The number of nitrogens with zero attached hydrogens (tertiary/aromatic N) is 1. The number of rotatable bonds is 6. The average molecular weight is 385 g/mol. The van der Waals surface area contributed by atoms with Crippen molar-refractivity contribution in [2.24, 2.45) is 0 Å². The van der Waals surface area contributed by atoms with Crippen LogP contribution in [0.2, 0.25) is 5.02 Å². The third kappa shape index (κ3) is 4.93. The van der Waals surface area contributed by atoms with E-state index in [-0.39, 0.29) is 12.1 Å². The summed E-state index contributed by atoms with van der Waals surface area (Å²) >= 11 is 5.89. The van der Waals surface area contributed by atoms with Crippen molar-refractivity contribution < 1.29 is 17.6 Å². The molecule has 1 N–H and O–H groups in total. The van der Waals surface area contributed by atoms with E-state index in [9.17, 15) is 17.6 Å². The van der Waals surface area contributed by atoms with Crippen molar-refractivity contribution in [2.45, 2.75) is 19.4 Å². The highest BCUT2D eigenvalue weighted by Crippen LogP contribution is 2.24. The highest BCUT2D eigenvalue weighted by atomic mass is 35.5. The van der Waals surface area contributed by atoms with Crippen LogP contribution in [0.5, 0.6) is 0 Å². The number of sulfonamides is 1. The van der Waals surface area contributed by atoms with Gasteiger partial charge in [0.05, 0.1) is 11.9 Å². The second-order valence-electron chi connectivity index (χ2n) is 5.46. The zero-order valence-corrected chi connectivity index (χ0v) is 15.3. The number of carbonyl (C=O) groups is 1. The van der Waals surface area contributed by atoms with E-state index in [0.717, 1.165) is 22.7 Å². The van der Waals surface area contributed by atoms with Gasteiger partial charge >= 0.3 is 0 Å². The summed E-state index contributed by atoms with van der Waals surface area (Å²) in [6.07, 6.45) is 1.24. The molecule has 0 heterocycles. The highest BCUT2D eigenvalue weighted by molar-refractivity contribution is 7.92. The van der Waals surface area contributed by atoms with Gasteiger partial charge in [-0.15, -0.1) is 0 Å². The standard InChI is InChI=1S/C17H18ClFN2O3S/c1-3-16(17(22)20-14-6-4-5-12(18)11-14)21(25(2,23)24)15-9-7-13(19)8-10-15/h4-11,16H,3H2,1-2H3,(H,20,22)/t16-/m0/s1. The SMILES string of the molecule is CC[C@@H](C(=O)Nc1cccc(Cl)c1)N(c1ccc(F)cc1)S(C)(=O)=O. The van der Waals surface area contributed by atoms with Gasteiger partial charge in [-0.05, 0) is 48.9 Å². The fourth-order valence-electron chi connectivity index (χ4n) is 2.44. The molecular formula is C17H18ClFN2O3S. The molecule has 2 rings (SSSR count). The van der Waals surface area contributed by atoms with Crippen molar-refractivity contribution in [3.05, 3.63) is 59.4 Å². The fourth-order valence-corrected chi connectivity index (χ4v) is 3.84. The lowest BCUT2D eigenvalue weighted by Gasteiger charge is -2.30. The van der Waals surface area contributed by atoms with Crippen LogP contribution in [0.4, 0.5) is 15.8 Å². The first kappa shape index (κ1) is 19.2. The number of hydrogen-bond donors (Lipinski definition) is 1. The molecule has 0 aliphatic carbocycles. The van der Waals surface area contributed by atoms with Gasteiger partial charge in [0, 0.05) is 10.7 Å². The molecule has 0 radical (unpaired) electrons. The van der Waals surface area contributed by atoms with Crippen molar-refractivity contribution >= 4 is 38.9 Å². The molecule has 2 aromatic rings. The van der Waals surface area contributed by atoms with Crippen molar-refractivity contribution in [2.75, 3.05) is 15.9 Å². The fraction of sp³-hybridized carbons (Fsp3) is 0.235. The normalized spacial score (nSPS) is 12.5. The van der Waals surface area contributed by atoms with E-state index in [2.05, 4.69) is 5.32 Å². The van der Waals surface area contributed by atoms with E-state index in [1.165, 1.54) is 12.1 Å². The van der Waals surface area contributed by atoms with Gasteiger partial charge in [0.15, 0.2) is 0 Å². The highest BCUT2D eigenvalue weighted by Gasteiger charge is 2.31. The number of nitrogens with one attached hydrogen (secondary N) is 1. The number of hydrogen-bond acceptors (Lipinski definition) is 3. The molecule has 134 valence electrons. The van der Waals surface area contributed by atoms with Gasteiger partial charge in [-0.1, -0.05) is 24.6 Å². The molecule has 0 fully saturated rings. The molecular weight excluding hydrogens is 367 g/mol. The first-order valence-electron chi connectivity index (χ1n) is 7.53. The lowest BCUT2D eigenvalue weighted by molar-refractivity contribution is -0.117. The molecule has 25 heavy (non-hydrogen) atoms. The Morgan fingerprint density at radius 3 is 2.40 bits per heavy atom. The van der Waals surface area contributed by atoms with Gasteiger partial charge in [-0.2, -0.15) is 0 Å². The molecule has 8 heteroatoms. The van der Waals surface area contributed by atoms with Crippen molar-refractivity contribution in [1.29, 1.82) is 0 Å². The predicted octanol–water partition coefficient (Wildman–Crippen LogP) is 3.66. The molecule has 0 aromatic heterocycles. The van der Waals surface area contributed by atoms with Crippen LogP contribution in [-0.4, -0.2) is 26.6 Å². The zero-order chi connectivity index (χ0) is 18.6. The van der Waals surface area contributed by atoms with Crippen molar-refractivity contribution in [1.82, 2.24) is 0 Å². The maximum Gasteiger partial charge on any atom is 0.248 e. The van der Waals surface area contributed by atoms with Crippen LogP contribution in [0.1, 0.15) is 13.3 Å². The van der Waals surface area contributed by atoms with E-state index >= 15 is 0 Å². The molecule has 0 saturated carbocycles. The molecule has 0 spiro atoms. The summed E-state index contributed by atoms with van der Waals surface area (Å²) in [4.78, 5) is 12.6. The lowest BCUT2D eigenvalue weighted by atomic mass is 10.2. The molecule has 0 saturated heterocycles. The Labute approximate surface area is 151 Å². The summed E-state index contributed by atoms with van der Waals surface area (Å²) in [6.45, 7) is 1.70. The van der Waals surface area contributed by atoms with Gasteiger partial charge in [0.2, 0.25) is 15.9 Å². The third-order valence-corrected chi connectivity index (χ3v) is 4.92. The Hall–Kier alpha value is -2.12. The summed E-state index contributed by atoms with van der Waals surface area (Å²) < 4.78 is 38.7. The van der Waals surface area contributed by atoms with E-state index in [1.54, 1.807) is 31.2 Å². The van der Waals surface area contributed by atoms with Gasteiger partial charge in [-0.3, -0.25) is 9.10 Å². The van der Waals surface area contributed by atoms with E-state index < -0.39 is 27.8 Å². The molecule has 0 bridgehead atoms. The summed E-state index contributed by atoms with van der Waals surface area (Å²) in [5, 5.41) is 3.11. The summed E-state index contributed by atoms with van der Waals surface area (Å²) in [5.41, 5.74) is 0.681. The Morgan fingerprint density at radius 2 is 1.88 bits per heavy atom. The molecule has 5 nitrogen and oxygen atoms in total. The zero-order valence-electron chi connectivity index (χ0n) is 13.7. The van der Waals surface area contributed by atoms with Crippen LogP contribution >= 0.6 is 11.6 Å². The largest absolute Gasteiger partial charge is 0.324 e. The quantitative estimate of drug-likeness (QED) is 0.826. The number of halogens is 2. The van der Waals surface area contributed by atoms with Crippen LogP contribution in [-0.2, 0) is 14.8 Å². The van der Waals surface area contributed by atoms with Gasteiger partial charge in [0.25, 0.3) is 0 Å². The van der Waals surface area contributed by atoms with Crippen LogP contribution < -0.4 is 9.62 Å². The topological polar surface area (TPSA) is 66.5 Å². The number of amides is 1. The minimum Gasteiger partial charge on any atom is -0.324 e. The minimum atomic E-state index is -3.76. The minimum absolute atomic E-state index is 0.219. The van der Waals surface area contributed by atoms with Crippen LogP contribution in [0, 0.1) is 5.82 Å². The Morgan fingerprint density at radius 1 is 1.24 bits per heavy atom. The van der Waals surface area contributed by atoms with Gasteiger partial charge < -0.3 is 5.32 Å². The Bertz CT molecular complexity index is 856. The summed E-state index contributed by atoms with van der Waals surface area (Å²) in [6, 6.07) is 10.5. The summed E-state index contributed by atoms with van der Waals surface area (Å²) in [7, 11) is -3.76. The summed E-state index contributed by atoms with van der Waals surface area (Å²) in [5.74, 6) is -0.992. The predicted molar refractivity (Wildman–Crippen MR) is 97.9 cm³/mol. The van der Waals surface area contributed by atoms with Crippen molar-refractivity contribution in [3.63, 3.8) is 0 Å². The number of carbonyl (C=O) groups excluding carboxylic acids is 1. The monoisotopic (exact) mass is 384 g/mol.